The quantitative estimate of drug-likeness (QED) is 0.130. The van der Waals surface area contributed by atoms with Crippen molar-refractivity contribution in [2.45, 2.75) is 0 Å². The molecule has 6 aromatic heterocycles. The van der Waals surface area contributed by atoms with Crippen LogP contribution in [0.4, 0.5) is 0 Å². The highest BCUT2D eigenvalue weighted by Gasteiger charge is 2.22. The molecule has 6 heteroatoms. The Bertz CT molecular complexity index is 7940. The first-order valence-corrected chi connectivity index (χ1v) is 40.6. The summed E-state index contributed by atoms with van der Waals surface area (Å²) in [6.07, 6.45) is 0. The van der Waals surface area contributed by atoms with E-state index in [1.165, 1.54) is 194 Å². The van der Waals surface area contributed by atoms with Crippen molar-refractivity contribution in [2.75, 3.05) is 0 Å². The third-order valence-electron chi connectivity index (χ3n) is 23.5. The van der Waals surface area contributed by atoms with E-state index in [1.807, 2.05) is 22.7 Å². The maximum Gasteiger partial charge on any atom is 0.0541 e. The molecule has 0 saturated carbocycles. The molecule has 24 aromatic rings. The minimum Gasteiger partial charge on any atom is -0.309 e. The maximum atomic E-state index is 2.42. The molecule has 0 aliphatic carbocycles. The first kappa shape index (κ1) is 65.5. The first-order chi connectivity index (χ1) is 56.5. The molecule has 0 saturated heterocycles. The van der Waals surface area contributed by atoms with Gasteiger partial charge in [-0.25, -0.2) is 0 Å². The highest BCUT2D eigenvalue weighted by molar-refractivity contribution is 7.26. The Morgan fingerprint density at radius 2 is 0.447 bits per heavy atom. The predicted molar refractivity (Wildman–Crippen MR) is 489 cm³/mol. The van der Waals surface area contributed by atoms with Crippen molar-refractivity contribution in [3.05, 3.63) is 413 Å². The highest BCUT2D eigenvalue weighted by Crippen LogP contribution is 2.46. The smallest absolute Gasteiger partial charge is 0.0541 e. The Kier molecular flexibility index (Phi) is 15.3. The molecule has 18 aromatic carbocycles. The largest absolute Gasteiger partial charge is 0.309 e. The van der Waals surface area contributed by atoms with Crippen LogP contribution in [-0.2, 0) is 0 Å². The summed E-state index contributed by atoms with van der Waals surface area (Å²) in [5.41, 5.74) is 29.0. The summed E-state index contributed by atoms with van der Waals surface area (Å²) in [6, 6.07) is 151. The van der Waals surface area contributed by atoms with E-state index in [9.17, 15) is 0 Å². The molecule has 0 aliphatic heterocycles. The minimum atomic E-state index is 1.16. The Labute approximate surface area is 665 Å². The molecule has 0 fully saturated rings. The molecule has 0 bridgehead atoms. The number of benzene rings is 18. The average molecular weight is 1490 g/mol. The van der Waals surface area contributed by atoms with E-state index < -0.39 is 0 Å². The molecule has 6 heterocycles. The summed E-state index contributed by atoms with van der Waals surface area (Å²) in [5.74, 6) is 0. The fourth-order valence-electron chi connectivity index (χ4n) is 18.2. The molecule has 0 unspecified atom stereocenters. The van der Waals surface area contributed by atoms with Crippen LogP contribution in [0.25, 0.3) is 217 Å². The van der Waals surface area contributed by atoms with Crippen LogP contribution >= 0.6 is 22.7 Å². The second kappa shape index (κ2) is 26.7. The normalized spacial score (nSPS) is 11.9. The molecular weight excluding hydrogens is 1420 g/mol. The van der Waals surface area contributed by atoms with Gasteiger partial charge in [-0.15, -0.1) is 22.7 Å². The lowest BCUT2D eigenvalue weighted by atomic mass is 9.99. The fraction of sp³-hybridized carbons (Fsp3) is 0. The third-order valence-corrected chi connectivity index (χ3v) is 25.8. The molecule has 0 radical (unpaired) electrons. The second-order valence-electron chi connectivity index (χ2n) is 29.8. The molecule has 4 nitrogen and oxygen atoms in total. The van der Waals surface area contributed by atoms with E-state index in [1.54, 1.807) is 0 Å². The van der Waals surface area contributed by atoms with Gasteiger partial charge in [0.1, 0.15) is 0 Å². The van der Waals surface area contributed by atoms with Gasteiger partial charge in [0.05, 0.1) is 44.1 Å². The topological polar surface area (TPSA) is 19.7 Å². The van der Waals surface area contributed by atoms with Crippen LogP contribution in [0.2, 0.25) is 0 Å². The van der Waals surface area contributed by atoms with E-state index in [2.05, 4.69) is 431 Å². The van der Waals surface area contributed by atoms with Gasteiger partial charge >= 0.3 is 0 Å². The molecular formula is C108H68N4S2. The maximum absolute atomic E-state index is 2.42. The lowest BCUT2D eigenvalue weighted by Crippen LogP contribution is -1.94. The first-order valence-electron chi connectivity index (χ1n) is 39.0. The van der Waals surface area contributed by atoms with Gasteiger partial charge in [-0.1, -0.05) is 273 Å². The van der Waals surface area contributed by atoms with Crippen LogP contribution in [-0.4, -0.2) is 18.3 Å². The average Bonchev–Trinajstić information content (AvgIpc) is 1.59. The number of para-hydroxylation sites is 4. The third kappa shape index (κ3) is 10.7. The van der Waals surface area contributed by atoms with Gasteiger partial charge in [-0.3, -0.25) is 0 Å². The molecule has 0 spiro atoms. The fourth-order valence-corrected chi connectivity index (χ4v) is 20.6. The molecule has 0 aliphatic rings. The van der Waals surface area contributed by atoms with Gasteiger partial charge in [-0.2, -0.15) is 0 Å². The van der Waals surface area contributed by atoms with E-state index in [4.69, 9.17) is 0 Å². The number of hydrogen-bond donors (Lipinski definition) is 0. The van der Waals surface area contributed by atoms with Crippen LogP contribution in [0.1, 0.15) is 0 Å². The van der Waals surface area contributed by atoms with E-state index in [0.29, 0.717) is 0 Å². The van der Waals surface area contributed by atoms with E-state index in [-0.39, 0.29) is 0 Å². The predicted octanol–water partition coefficient (Wildman–Crippen LogP) is 30.5. The minimum absolute atomic E-state index is 1.16. The van der Waals surface area contributed by atoms with Crippen molar-refractivity contribution in [2.24, 2.45) is 0 Å². The number of nitrogens with zero attached hydrogens (tertiary/aromatic N) is 4. The van der Waals surface area contributed by atoms with Crippen molar-refractivity contribution in [3.63, 3.8) is 0 Å². The van der Waals surface area contributed by atoms with Crippen LogP contribution < -0.4 is 0 Å². The van der Waals surface area contributed by atoms with Gasteiger partial charge in [0.2, 0.25) is 0 Å². The van der Waals surface area contributed by atoms with Crippen LogP contribution in [0.5, 0.6) is 0 Å². The molecule has 0 amide bonds. The van der Waals surface area contributed by atoms with Crippen molar-refractivity contribution in [3.8, 4) is 89.5 Å². The lowest BCUT2D eigenvalue weighted by molar-refractivity contribution is 1.18. The number of thiophene rings is 2. The van der Waals surface area contributed by atoms with Crippen molar-refractivity contribution in [1.29, 1.82) is 0 Å². The van der Waals surface area contributed by atoms with E-state index in [0.717, 1.165) is 22.7 Å². The monoisotopic (exact) mass is 1480 g/mol. The number of hydrogen-bond acceptors (Lipinski definition) is 2. The number of rotatable bonds is 10. The molecule has 24 rings (SSSR count). The molecule has 114 heavy (non-hydrogen) atoms. The van der Waals surface area contributed by atoms with Crippen LogP contribution in [0.15, 0.2) is 413 Å². The summed E-state index contributed by atoms with van der Waals surface area (Å²) in [5, 5.41) is 15.4. The summed E-state index contributed by atoms with van der Waals surface area (Å²) in [6.45, 7) is 0. The summed E-state index contributed by atoms with van der Waals surface area (Å²) < 4.78 is 15.0. The van der Waals surface area contributed by atoms with Crippen molar-refractivity contribution < 1.29 is 0 Å². The van der Waals surface area contributed by atoms with E-state index >= 15 is 0 Å². The Balaban J connectivity index is 0.000000135. The van der Waals surface area contributed by atoms with Gasteiger partial charge in [0.25, 0.3) is 0 Å². The SMILES string of the molecule is c1ccc(-c2ccc(-n3c4ccccc4c4cc(-c5ccc6c(c5)c5ccccc5n6-c5ccc(-c6cccc7c6sc6ccccc67)cc5)ccc43)cc2)cc1.c1ccc(-c2cccc(-n3c4ccccc4c4cc(-c5ccc6c(c5)c5ccccc5n6-c5ccc(-c6cccc7sc8ccccc8c67)cc5)ccc43)c2)cc1. The lowest BCUT2D eigenvalue weighted by Gasteiger charge is -2.11. The Morgan fingerprint density at radius 1 is 0.149 bits per heavy atom. The molecule has 0 N–H and O–H groups in total. The summed E-state index contributed by atoms with van der Waals surface area (Å²) in [7, 11) is 0. The van der Waals surface area contributed by atoms with Crippen molar-refractivity contribution in [1.82, 2.24) is 18.3 Å². The van der Waals surface area contributed by atoms with Gasteiger partial charge in [0.15, 0.2) is 0 Å². The van der Waals surface area contributed by atoms with Gasteiger partial charge in [0, 0.05) is 106 Å². The van der Waals surface area contributed by atoms with Crippen LogP contribution in [0.3, 0.4) is 0 Å². The zero-order chi connectivity index (χ0) is 74.9. The van der Waals surface area contributed by atoms with Gasteiger partial charge < -0.3 is 18.3 Å². The Morgan fingerprint density at radius 3 is 0.921 bits per heavy atom. The van der Waals surface area contributed by atoms with Crippen LogP contribution in [0, 0.1) is 0 Å². The summed E-state index contributed by atoms with van der Waals surface area (Å²) >= 11 is 3.75. The highest BCUT2D eigenvalue weighted by atomic mass is 32.1. The standard InChI is InChI=1S/2C54H34N2S/c1-2-12-35(13-3-1)37-14-10-15-41(32-37)56-49-21-8-5-17-44(49)47-34-39(27-31-51(47)56)38-26-30-50-46(33-38)43-16-4-7-20-48(43)55(50)40-28-24-36(25-29-40)42-19-11-23-53-54(42)45-18-6-9-22-52(45)57-53;1-2-11-35(12-3-1)36-21-27-40(28-22-36)55-49-18-7-4-13-43(49)47-33-38(25-31-51(47)55)39-26-32-52-48(34-39)44-14-5-8-19-50(44)56(52)41-29-23-37(24-30-41)42-16-10-17-46-45-15-6-9-20-53(45)57-54(42)46/h2*1-34H. The van der Waals surface area contributed by atoms with Gasteiger partial charge in [-0.05, 0) is 206 Å². The second-order valence-corrected chi connectivity index (χ2v) is 32.0. The molecule has 0 atom stereocenters. The zero-order valence-corrected chi connectivity index (χ0v) is 63.5. The summed E-state index contributed by atoms with van der Waals surface area (Å²) in [4.78, 5) is 0. The zero-order valence-electron chi connectivity index (χ0n) is 61.9. The number of aromatic nitrogens is 4. The number of fused-ring (bicyclic) bond motifs is 18. The van der Waals surface area contributed by atoms with Crippen molar-refractivity contribution >= 4 is 150 Å². The Hall–Kier alpha value is -14.4. The molecule has 532 valence electrons.